The molecule has 0 spiro atoms. The van der Waals surface area contributed by atoms with Crippen molar-refractivity contribution in [2.75, 3.05) is 0 Å². The summed E-state index contributed by atoms with van der Waals surface area (Å²) in [5, 5.41) is 0. The van der Waals surface area contributed by atoms with E-state index in [9.17, 15) is 4.79 Å². The molecule has 1 heterocycles. The minimum Gasteiger partial charge on any atom is -0.454 e. The Morgan fingerprint density at radius 1 is 1.37 bits per heavy atom. The molecule has 0 fully saturated rings. The monoisotopic (exact) mass is 256 g/mol. The molecule has 98 valence electrons. The van der Waals surface area contributed by atoms with E-state index in [-0.39, 0.29) is 6.61 Å². The van der Waals surface area contributed by atoms with Gasteiger partial charge < -0.3 is 9.72 Å². The Morgan fingerprint density at radius 3 is 2.79 bits per heavy atom. The number of ether oxygens (including phenoxy) is 1. The van der Waals surface area contributed by atoms with Crippen molar-refractivity contribution in [1.82, 2.24) is 9.97 Å². The Morgan fingerprint density at radius 2 is 2.11 bits per heavy atom. The molecule has 0 unspecified atom stereocenters. The first-order chi connectivity index (χ1) is 9.15. The van der Waals surface area contributed by atoms with Crippen LogP contribution < -0.4 is 0 Å². The van der Waals surface area contributed by atoms with Crippen molar-refractivity contribution in [2.24, 2.45) is 0 Å². The summed E-state index contributed by atoms with van der Waals surface area (Å²) in [6.07, 6.45) is 2.54. The standard InChI is InChI=1S/C15H16N2O2/c1-11(2)15(18)19-10-14-16-9-13(17-14)8-12-6-4-3-5-7-12/h3-7,9H,1,8,10H2,2H3,(H,16,17). The number of hydrogen-bond donors (Lipinski definition) is 1. The zero-order valence-electron chi connectivity index (χ0n) is 10.8. The molecule has 0 saturated carbocycles. The van der Waals surface area contributed by atoms with Crippen molar-refractivity contribution in [2.45, 2.75) is 20.0 Å². The van der Waals surface area contributed by atoms with E-state index >= 15 is 0 Å². The number of H-pyrrole nitrogens is 1. The minimum absolute atomic E-state index is 0.139. The van der Waals surface area contributed by atoms with Crippen LogP contribution in [0.15, 0.2) is 48.7 Å². The molecule has 0 atom stereocenters. The molecule has 2 rings (SSSR count). The van der Waals surface area contributed by atoms with Gasteiger partial charge in [-0.1, -0.05) is 36.9 Å². The van der Waals surface area contributed by atoms with Crippen LogP contribution in [0.25, 0.3) is 0 Å². The summed E-state index contributed by atoms with van der Waals surface area (Å²) in [4.78, 5) is 18.6. The van der Waals surface area contributed by atoms with E-state index in [0.717, 1.165) is 12.1 Å². The lowest BCUT2D eigenvalue weighted by molar-refractivity contribution is -0.140. The van der Waals surface area contributed by atoms with Crippen LogP contribution >= 0.6 is 0 Å². The van der Waals surface area contributed by atoms with Gasteiger partial charge in [0.15, 0.2) is 0 Å². The third-order valence-electron chi connectivity index (χ3n) is 2.61. The Labute approximate surface area is 112 Å². The maximum absolute atomic E-state index is 11.3. The summed E-state index contributed by atoms with van der Waals surface area (Å²) in [6.45, 7) is 5.28. The third kappa shape index (κ3) is 3.81. The highest BCUT2D eigenvalue weighted by Crippen LogP contribution is 2.08. The SMILES string of the molecule is C=C(C)C(=O)OCc1ncc(Cc2ccccc2)[nH]1. The van der Waals surface area contributed by atoms with Crippen molar-refractivity contribution in [3.63, 3.8) is 0 Å². The molecule has 4 nitrogen and oxygen atoms in total. The maximum atomic E-state index is 11.3. The van der Waals surface area contributed by atoms with Crippen LogP contribution in [-0.2, 0) is 22.6 Å². The van der Waals surface area contributed by atoms with Crippen LogP contribution in [0.5, 0.6) is 0 Å². The summed E-state index contributed by atoms with van der Waals surface area (Å²) in [7, 11) is 0. The second-order valence-electron chi connectivity index (χ2n) is 4.37. The fourth-order valence-corrected chi connectivity index (χ4v) is 1.64. The van der Waals surface area contributed by atoms with Gasteiger partial charge in [0.1, 0.15) is 12.4 Å². The third-order valence-corrected chi connectivity index (χ3v) is 2.61. The van der Waals surface area contributed by atoms with Crippen LogP contribution in [0, 0.1) is 0 Å². The first-order valence-corrected chi connectivity index (χ1v) is 6.04. The van der Waals surface area contributed by atoms with Gasteiger partial charge in [-0.05, 0) is 12.5 Å². The number of nitrogens with zero attached hydrogens (tertiary/aromatic N) is 1. The smallest absolute Gasteiger partial charge is 0.333 e. The first-order valence-electron chi connectivity index (χ1n) is 6.04. The second kappa shape index (κ2) is 6.00. The van der Waals surface area contributed by atoms with Crippen molar-refractivity contribution in [3.05, 3.63) is 65.8 Å². The molecule has 4 heteroatoms. The van der Waals surface area contributed by atoms with Gasteiger partial charge in [-0.2, -0.15) is 0 Å². The van der Waals surface area contributed by atoms with Crippen LogP contribution in [0.4, 0.5) is 0 Å². The molecule has 0 aliphatic rings. The number of carbonyl (C=O) groups is 1. The number of rotatable bonds is 5. The molecule has 0 saturated heterocycles. The highest BCUT2D eigenvalue weighted by atomic mass is 16.5. The highest BCUT2D eigenvalue weighted by molar-refractivity contribution is 5.86. The van der Waals surface area contributed by atoms with E-state index < -0.39 is 5.97 Å². The van der Waals surface area contributed by atoms with Gasteiger partial charge >= 0.3 is 5.97 Å². The number of nitrogens with one attached hydrogen (secondary N) is 1. The average Bonchev–Trinajstić information content (AvgIpc) is 2.84. The molecule has 1 aromatic carbocycles. The quantitative estimate of drug-likeness (QED) is 0.661. The largest absolute Gasteiger partial charge is 0.454 e. The molecule has 1 aromatic heterocycles. The van der Waals surface area contributed by atoms with E-state index in [1.165, 1.54) is 5.56 Å². The number of imidazole rings is 1. The molecular weight excluding hydrogens is 240 g/mol. The van der Waals surface area contributed by atoms with Gasteiger partial charge in [0.05, 0.1) is 0 Å². The van der Waals surface area contributed by atoms with Crippen LogP contribution in [0.2, 0.25) is 0 Å². The molecule has 0 radical (unpaired) electrons. The van der Waals surface area contributed by atoms with Gasteiger partial charge in [0, 0.05) is 23.9 Å². The van der Waals surface area contributed by atoms with Crippen LogP contribution in [-0.4, -0.2) is 15.9 Å². The summed E-state index contributed by atoms with van der Waals surface area (Å²) in [6, 6.07) is 10.1. The van der Waals surface area contributed by atoms with Gasteiger partial charge in [0.25, 0.3) is 0 Å². The summed E-state index contributed by atoms with van der Waals surface area (Å²) >= 11 is 0. The van der Waals surface area contributed by atoms with Crippen molar-refractivity contribution in [1.29, 1.82) is 0 Å². The molecule has 0 aliphatic carbocycles. The molecular formula is C15H16N2O2. The van der Waals surface area contributed by atoms with Crippen molar-refractivity contribution >= 4 is 5.97 Å². The normalized spacial score (nSPS) is 10.2. The predicted octanol–water partition coefficient (Wildman–Crippen LogP) is 2.62. The maximum Gasteiger partial charge on any atom is 0.333 e. The number of esters is 1. The van der Waals surface area contributed by atoms with Crippen molar-refractivity contribution in [3.8, 4) is 0 Å². The Bertz CT molecular complexity index is 573. The molecule has 0 bridgehead atoms. The van der Waals surface area contributed by atoms with Gasteiger partial charge in [-0.25, -0.2) is 9.78 Å². The van der Waals surface area contributed by atoms with Gasteiger partial charge in [-0.3, -0.25) is 0 Å². The minimum atomic E-state index is -0.402. The lowest BCUT2D eigenvalue weighted by Crippen LogP contribution is -2.05. The van der Waals surface area contributed by atoms with E-state index in [4.69, 9.17) is 4.74 Å². The van der Waals surface area contributed by atoms with E-state index in [2.05, 4.69) is 28.7 Å². The number of hydrogen-bond acceptors (Lipinski definition) is 3. The molecule has 2 aromatic rings. The average molecular weight is 256 g/mol. The van der Waals surface area contributed by atoms with E-state index in [0.29, 0.717) is 11.4 Å². The van der Waals surface area contributed by atoms with E-state index in [1.54, 1.807) is 13.1 Å². The topological polar surface area (TPSA) is 55.0 Å². The zero-order chi connectivity index (χ0) is 13.7. The number of aromatic nitrogens is 2. The predicted molar refractivity (Wildman–Crippen MR) is 72.4 cm³/mol. The lowest BCUT2D eigenvalue weighted by atomic mass is 10.1. The second-order valence-corrected chi connectivity index (χ2v) is 4.37. The van der Waals surface area contributed by atoms with Crippen LogP contribution in [0.3, 0.4) is 0 Å². The Kier molecular flexibility index (Phi) is 4.13. The lowest BCUT2D eigenvalue weighted by Gasteiger charge is -2.01. The van der Waals surface area contributed by atoms with E-state index in [1.807, 2.05) is 18.2 Å². The number of benzene rings is 1. The fraction of sp³-hybridized carbons (Fsp3) is 0.200. The molecule has 0 amide bonds. The Balaban J connectivity index is 1.92. The first kappa shape index (κ1) is 13.1. The number of carbonyl (C=O) groups excluding carboxylic acids is 1. The molecule has 1 N–H and O–H groups in total. The van der Waals surface area contributed by atoms with Crippen molar-refractivity contribution < 1.29 is 9.53 Å². The zero-order valence-corrected chi connectivity index (χ0v) is 10.8. The van der Waals surface area contributed by atoms with Crippen LogP contribution in [0.1, 0.15) is 24.0 Å². The molecule has 0 aliphatic heterocycles. The fourth-order valence-electron chi connectivity index (χ4n) is 1.64. The van der Waals surface area contributed by atoms with Gasteiger partial charge in [-0.15, -0.1) is 0 Å². The summed E-state index contributed by atoms with van der Waals surface area (Å²) in [5.74, 6) is 0.238. The van der Waals surface area contributed by atoms with Gasteiger partial charge in [0.2, 0.25) is 0 Å². The summed E-state index contributed by atoms with van der Waals surface area (Å²) < 4.78 is 5.02. The summed E-state index contributed by atoms with van der Waals surface area (Å²) in [5.41, 5.74) is 2.58. The Hall–Kier alpha value is -2.36. The molecule has 19 heavy (non-hydrogen) atoms. The highest BCUT2D eigenvalue weighted by Gasteiger charge is 2.06. The number of aromatic amines is 1.